The van der Waals surface area contributed by atoms with Gasteiger partial charge in [-0.3, -0.25) is 14.9 Å². The van der Waals surface area contributed by atoms with E-state index in [1.54, 1.807) is 72.8 Å². The zero-order chi connectivity index (χ0) is 18.8. The Balaban J connectivity index is 1.91. The smallest absolute Gasteiger partial charge is 0.257 e. The Kier molecular flexibility index (Phi) is 4.48. The molecule has 4 nitrogen and oxygen atoms in total. The van der Waals surface area contributed by atoms with Crippen LogP contribution < -0.4 is 10.7 Å². The summed E-state index contributed by atoms with van der Waals surface area (Å²) < 4.78 is 5.89. The second-order valence-corrected chi connectivity index (χ2v) is 6.40. The minimum atomic E-state index is -0.364. The number of benzene rings is 3. The predicted molar refractivity (Wildman–Crippen MR) is 107 cm³/mol. The van der Waals surface area contributed by atoms with Gasteiger partial charge in [0.25, 0.3) is 5.91 Å². The minimum absolute atomic E-state index is 0.0924. The van der Waals surface area contributed by atoms with Crippen molar-refractivity contribution in [2.45, 2.75) is 0 Å². The number of carbonyl (C=O) groups is 1. The molecule has 0 bridgehead atoms. The van der Waals surface area contributed by atoms with E-state index in [0.29, 0.717) is 27.1 Å². The molecule has 3 aromatic carbocycles. The van der Waals surface area contributed by atoms with Gasteiger partial charge >= 0.3 is 0 Å². The van der Waals surface area contributed by atoms with Crippen molar-refractivity contribution < 1.29 is 9.21 Å². The molecule has 132 valence electrons. The molecule has 0 aliphatic heterocycles. The second-order valence-electron chi connectivity index (χ2n) is 5.96. The number of hydrogen-bond acceptors (Lipinski definition) is 3. The first-order chi connectivity index (χ1) is 13.1. The molecule has 1 amide bonds. The fourth-order valence-electron chi connectivity index (χ4n) is 2.90. The van der Waals surface area contributed by atoms with Crippen LogP contribution in [-0.2, 0) is 0 Å². The Hall–Kier alpha value is -3.37. The molecule has 4 rings (SSSR count). The lowest BCUT2D eigenvalue weighted by Gasteiger charge is -2.11. The van der Waals surface area contributed by atoms with Crippen LogP contribution in [0.15, 0.2) is 88.1 Å². The number of rotatable bonds is 3. The van der Waals surface area contributed by atoms with Gasteiger partial charge in [0.05, 0.1) is 10.9 Å². The Morgan fingerprint density at radius 2 is 1.63 bits per heavy atom. The van der Waals surface area contributed by atoms with Crippen LogP contribution >= 0.6 is 11.6 Å². The lowest BCUT2D eigenvalue weighted by atomic mass is 10.0. The molecule has 0 atom stereocenters. The number of carbonyl (C=O) groups excluding carboxylic acids is 1. The summed E-state index contributed by atoms with van der Waals surface area (Å²) in [5.74, 6) is -0.271. The highest BCUT2D eigenvalue weighted by Crippen LogP contribution is 2.30. The summed E-state index contributed by atoms with van der Waals surface area (Å²) >= 11 is 6.10. The molecule has 1 heterocycles. The summed E-state index contributed by atoms with van der Waals surface area (Å²) in [5.41, 5.74) is 1.47. The second kappa shape index (κ2) is 7.09. The van der Waals surface area contributed by atoms with Crippen molar-refractivity contribution in [1.29, 1.82) is 0 Å². The molecule has 0 saturated heterocycles. The van der Waals surface area contributed by atoms with Crippen molar-refractivity contribution >= 4 is 34.4 Å². The molecule has 0 saturated carbocycles. The highest BCUT2D eigenvalue weighted by atomic mass is 35.5. The largest absolute Gasteiger partial charge is 0.439 e. The van der Waals surface area contributed by atoms with Gasteiger partial charge in [-0.1, -0.05) is 54.1 Å². The fraction of sp³-hybridized carbons (Fsp3) is 0. The third-order valence-electron chi connectivity index (χ3n) is 4.17. The van der Waals surface area contributed by atoms with E-state index < -0.39 is 0 Å². The molecule has 0 radical (unpaired) electrons. The number of halogens is 1. The van der Waals surface area contributed by atoms with Crippen LogP contribution in [0.5, 0.6) is 0 Å². The Bertz CT molecular complexity index is 1200. The monoisotopic (exact) mass is 375 g/mol. The first-order valence-corrected chi connectivity index (χ1v) is 8.69. The molecule has 0 spiro atoms. The van der Waals surface area contributed by atoms with E-state index in [1.807, 2.05) is 6.07 Å². The van der Waals surface area contributed by atoms with Gasteiger partial charge < -0.3 is 4.42 Å². The highest BCUT2D eigenvalue weighted by molar-refractivity contribution is 6.30. The zero-order valence-electron chi connectivity index (χ0n) is 14.1. The van der Waals surface area contributed by atoms with Crippen LogP contribution in [0.4, 0.5) is 5.88 Å². The van der Waals surface area contributed by atoms with Gasteiger partial charge in [0.15, 0.2) is 0 Å². The number of anilines is 1. The lowest BCUT2D eigenvalue weighted by molar-refractivity contribution is 0.102. The van der Waals surface area contributed by atoms with E-state index >= 15 is 0 Å². The normalized spacial score (nSPS) is 10.7. The predicted octanol–water partition coefficient (Wildman–Crippen LogP) is 5.37. The van der Waals surface area contributed by atoms with Crippen LogP contribution in [0.2, 0.25) is 5.02 Å². The summed E-state index contributed by atoms with van der Waals surface area (Å²) in [6, 6.07) is 22.5. The van der Waals surface area contributed by atoms with Gasteiger partial charge in [-0.2, -0.15) is 0 Å². The van der Waals surface area contributed by atoms with Crippen LogP contribution in [0.3, 0.4) is 0 Å². The van der Waals surface area contributed by atoms with E-state index in [4.69, 9.17) is 16.0 Å². The molecule has 5 heteroatoms. The minimum Gasteiger partial charge on any atom is -0.439 e. The topological polar surface area (TPSA) is 59.3 Å². The van der Waals surface area contributed by atoms with Gasteiger partial charge in [-0.05, 0) is 42.0 Å². The third-order valence-corrected chi connectivity index (χ3v) is 4.41. The maximum Gasteiger partial charge on any atom is 0.257 e. The quantitative estimate of drug-likeness (QED) is 0.524. The average Bonchev–Trinajstić information content (AvgIpc) is 2.69. The number of para-hydroxylation sites is 1. The van der Waals surface area contributed by atoms with Crippen LogP contribution in [0.25, 0.3) is 22.1 Å². The van der Waals surface area contributed by atoms with Crippen molar-refractivity contribution in [3.8, 4) is 11.1 Å². The summed E-state index contributed by atoms with van der Waals surface area (Å²) in [6.07, 6.45) is 0. The van der Waals surface area contributed by atoms with Crippen LogP contribution in [0.1, 0.15) is 10.4 Å². The first-order valence-electron chi connectivity index (χ1n) is 8.31. The molecule has 1 N–H and O–H groups in total. The SMILES string of the molecule is O=C(Nc1oc2ccccc2c(=O)c1-c1cccc(Cl)c1)c1ccccc1. The van der Waals surface area contributed by atoms with Crippen molar-refractivity contribution in [1.82, 2.24) is 0 Å². The Labute approximate surface area is 160 Å². The molecular formula is C22H14ClNO3. The number of nitrogens with one attached hydrogen (secondary N) is 1. The van der Waals surface area contributed by atoms with Gasteiger partial charge in [0.2, 0.25) is 11.3 Å². The van der Waals surface area contributed by atoms with E-state index in [2.05, 4.69) is 5.32 Å². The van der Waals surface area contributed by atoms with Crippen molar-refractivity contribution in [3.05, 3.63) is 99.7 Å². The molecule has 27 heavy (non-hydrogen) atoms. The lowest BCUT2D eigenvalue weighted by Crippen LogP contribution is -2.16. The average molecular weight is 376 g/mol. The molecule has 1 aromatic heterocycles. The number of fused-ring (bicyclic) bond motifs is 1. The van der Waals surface area contributed by atoms with E-state index in [0.717, 1.165) is 0 Å². The van der Waals surface area contributed by atoms with Crippen molar-refractivity contribution in [2.24, 2.45) is 0 Å². The maximum absolute atomic E-state index is 13.1. The molecule has 0 aliphatic rings. The Morgan fingerprint density at radius 3 is 2.41 bits per heavy atom. The molecule has 0 aliphatic carbocycles. The van der Waals surface area contributed by atoms with Crippen LogP contribution in [0, 0.1) is 0 Å². The number of amides is 1. The van der Waals surface area contributed by atoms with Gasteiger partial charge in [0, 0.05) is 10.6 Å². The van der Waals surface area contributed by atoms with Gasteiger partial charge in [0.1, 0.15) is 5.58 Å². The standard InChI is InChI=1S/C22H14ClNO3/c23-16-10-6-9-15(13-16)19-20(25)17-11-4-5-12-18(17)27-22(19)24-21(26)14-7-2-1-3-8-14/h1-13H,(H,24,26). The van der Waals surface area contributed by atoms with E-state index in [1.165, 1.54) is 0 Å². The van der Waals surface area contributed by atoms with Gasteiger partial charge in [-0.25, -0.2) is 0 Å². The van der Waals surface area contributed by atoms with Crippen molar-refractivity contribution in [3.63, 3.8) is 0 Å². The molecular weight excluding hydrogens is 362 g/mol. The summed E-state index contributed by atoms with van der Waals surface area (Å²) in [6.45, 7) is 0. The fourth-order valence-corrected chi connectivity index (χ4v) is 3.09. The third kappa shape index (κ3) is 3.35. The Morgan fingerprint density at radius 1 is 0.889 bits per heavy atom. The summed E-state index contributed by atoms with van der Waals surface area (Å²) in [5, 5.41) is 3.65. The number of hydrogen-bond donors (Lipinski definition) is 1. The van der Waals surface area contributed by atoms with Crippen molar-refractivity contribution in [2.75, 3.05) is 5.32 Å². The maximum atomic E-state index is 13.1. The molecule has 0 unspecified atom stereocenters. The first kappa shape index (κ1) is 17.1. The molecule has 0 fully saturated rings. The van der Waals surface area contributed by atoms with Crippen LogP contribution in [-0.4, -0.2) is 5.91 Å². The van der Waals surface area contributed by atoms with Gasteiger partial charge in [-0.15, -0.1) is 0 Å². The summed E-state index contributed by atoms with van der Waals surface area (Å²) in [7, 11) is 0. The molecule has 4 aromatic rings. The zero-order valence-corrected chi connectivity index (χ0v) is 14.9. The highest BCUT2D eigenvalue weighted by Gasteiger charge is 2.19. The summed E-state index contributed by atoms with van der Waals surface area (Å²) in [4.78, 5) is 25.7. The van der Waals surface area contributed by atoms with E-state index in [-0.39, 0.29) is 22.8 Å². The van der Waals surface area contributed by atoms with E-state index in [9.17, 15) is 9.59 Å².